The van der Waals surface area contributed by atoms with Crippen molar-refractivity contribution in [3.8, 4) is 5.69 Å². The number of hydrogen-bond acceptors (Lipinski definition) is 3. The summed E-state index contributed by atoms with van der Waals surface area (Å²) in [5.74, 6) is -0.945. The Morgan fingerprint density at radius 1 is 1.36 bits per heavy atom. The van der Waals surface area contributed by atoms with Crippen molar-refractivity contribution in [3.63, 3.8) is 0 Å². The molecule has 2 amide bonds. The minimum absolute atomic E-state index is 0.0255. The van der Waals surface area contributed by atoms with Gasteiger partial charge in [-0.15, -0.1) is 0 Å². The van der Waals surface area contributed by atoms with Gasteiger partial charge in [0.25, 0.3) is 0 Å². The van der Waals surface area contributed by atoms with Gasteiger partial charge in [-0.25, -0.2) is 9.07 Å². The molecule has 0 radical (unpaired) electrons. The Bertz CT molecular complexity index is 802. The van der Waals surface area contributed by atoms with E-state index in [1.54, 1.807) is 29.4 Å². The van der Waals surface area contributed by atoms with E-state index in [-0.39, 0.29) is 17.7 Å². The Labute approximate surface area is 145 Å². The van der Waals surface area contributed by atoms with Gasteiger partial charge in [0.15, 0.2) is 5.82 Å². The molecule has 1 fully saturated rings. The van der Waals surface area contributed by atoms with Gasteiger partial charge in [0.2, 0.25) is 11.8 Å². The Morgan fingerprint density at radius 2 is 2.16 bits per heavy atom. The van der Waals surface area contributed by atoms with Gasteiger partial charge >= 0.3 is 0 Å². The molecule has 132 valence electrons. The van der Waals surface area contributed by atoms with Crippen LogP contribution in [0.15, 0.2) is 30.6 Å². The first-order valence-corrected chi connectivity index (χ1v) is 8.31. The monoisotopic (exact) mass is 344 g/mol. The summed E-state index contributed by atoms with van der Waals surface area (Å²) < 4.78 is 15.8. The highest BCUT2D eigenvalue weighted by Gasteiger charge is 2.27. The summed E-state index contributed by atoms with van der Waals surface area (Å²) in [5.41, 5.74) is 1.66. The van der Waals surface area contributed by atoms with E-state index in [1.165, 1.54) is 17.7 Å². The smallest absolute Gasteiger partial charge is 0.229 e. The third-order valence-electron chi connectivity index (χ3n) is 4.41. The van der Waals surface area contributed by atoms with Crippen LogP contribution in [-0.2, 0) is 9.59 Å². The number of halogens is 1. The molecule has 6 nitrogen and oxygen atoms in total. The van der Waals surface area contributed by atoms with E-state index in [1.807, 2.05) is 6.92 Å². The molecule has 1 aromatic heterocycles. The van der Waals surface area contributed by atoms with Crippen LogP contribution in [0, 0.1) is 18.7 Å². The lowest BCUT2D eigenvalue weighted by Gasteiger charge is -2.31. The number of rotatable bonds is 3. The molecular weight excluding hydrogens is 323 g/mol. The maximum Gasteiger partial charge on any atom is 0.229 e. The van der Waals surface area contributed by atoms with Crippen LogP contribution < -0.4 is 5.32 Å². The van der Waals surface area contributed by atoms with Gasteiger partial charge in [0, 0.05) is 31.9 Å². The van der Waals surface area contributed by atoms with E-state index >= 15 is 0 Å². The fourth-order valence-electron chi connectivity index (χ4n) is 3.04. The summed E-state index contributed by atoms with van der Waals surface area (Å²) in [5, 5.41) is 6.84. The van der Waals surface area contributed by atoms with E-state index in [0.717, 1.165) is 18.4 Å². The maximum absolute atomic E-state index is 14.3. The lowest BCUT2D eigenvalue weighted by Crippen LogP contribution is -2.42. The highest BCUT2D eigenvalue weighted by atomic mass is 19.1. The largest absolute Gasteiger partial charge is 0.342 e. The third-order valence-corrected chi connectivity index (χ3v) is 4.41. The molecule has 1 saturated heterocycles. The summed E-state index contributed by atoms with van der Waals surface area (Å²) in [4.78, 5) is 25.6. The van der Waals surface area contributed by atoms with Crippen molar-refractivity contribution in [3.05, 3.63) is 42.0 Å². The molecule has 1 N–H and O–H groups in total. The Kier molecular flexibility index (Phi) is 4.83. The standard InChI is InChI=1S/C18H21FN4O2/c1-12-9-20-23(10-12)17-6-5-15(8-16(17)19)21-18(25)14-4-3-7-22(11-14)13(2)24/h5-6,8-10,14H,3-4,7,11H2,1-2H3,(H,21,25). The van der Waals surface area contributed by atoms with Crippen molar-refractivity contribution in [2.75, 3.05) is 18.4 Å². The zero-order valence-electron chi connectivity index (χ0n) is 14.3. The Hall–Kier alpha value is -2.70. The highest BCUT2D eigenvalue weighted by Crippen LogP contribution is 2.21. The average molecular weight is 344 g/mol. The number of carbonyl (C=O) groups excluding carboxylic acids is 2. The molecule has 7 heteroatoms. The molecule has 2 heterocycles. The van der Waals surface area contributed by atoms with Gasteiger partial charge in [-0.3, -0.25) is 9.59 Å². The number of anilines is 1. The van der Waals surface area contributed by atoms with Crippen LogP contribution in [0.2, 0.25) is 0 Å². The van der Waals surface area contributed by atoms with Crippen LogP contribution in [0.5, 0.6) is 0 Å². The molecule has 1 unspecified atom stereocenters. The molecule has 0 spiro atoms. The summed E-state index contributed by atoms with van der Waals surface area (Å²) in [6.45, 7) is 4.48. The first kappa shape index (κ1) is 17.1. The van der Waals surface area contributed by atoms with Gasteiger partial charge < -0.3 is 10.2 Å². The molecule has 25 heavy (non-hydrogen) atoms. The molecule has 1 aromatic carbocycles. The maximum atomic E-state index is 14.3. The quantitative estimate of drug-likeness (QED) is 0.930. The molecular formula is C18H21FN4O2. The Morgan fingerprint density at radius 3 is 2.80 bits per heavy atom. The number of aryl methyl sites for hydroxylation is 1. The number of carbonyl (C=O) groups is 2. The molecule has 0 saturated carbocycles. The number of aromatic nitrogens is 2. The lowest BCUT2D eigenvalue weighted by atomic mass is 9.97. The van der Waals surface area contributed by atoms with Crippen LogP contribution in [0.3, 0.4) is 0 Å². The van der Waals surface area contributed by atoms with Crippen molar-refractivity contribution in [2.24, 2.45) is 5.92 Å². The van der Waals surface area contributed by atoms with E-state index in [9.17, 15) is 14.0 Å². The number of benzene rings is 1. The number of nitrogens with zero attached hydrogens (tertiary/aromatic N) is 3. The average Bonchev–Trinajstić information content (AvgIpc) is 3.01. The van der Waals surface area contributed by atoms with Crippen LogP contribution in [-0.4, -0.2) is 39.6 Å². The number of piperidine rings is 1. The first-order chi connectivity index (χ1) is 11.9. The molecule has 0 bridgehead atoms. The minimum Gasteiger partial charge on any atom is -0.342 e. The van der Waals surface area contributed by atoms with Crippen LogP contribution in [0.4, 0.5) is 10.1 Å². The van der Waals surface area contributed by atoms with E-state index in [2.05, 4.69) is 10.4 Å². The van der Waals surface area contributed by atoms with Crippen LogP contribution in [0.25, 0.3) is 5.69 Å². The van der Waals surface area contributed by atoms with Gasteiger partial charge in [-0.05, 0) is 43.5 Å². The zero-order chi connectivity index (χ0) is 18.0. The van der Waals surface area contributed by atoms with Crippen LogP contribution >= 0.6 is 0 Å². The molecule has 1 aliphatic rings. The molecule has 2 aromatic rings. The summed E-state index contributed by atoms with van der Waals surface area (Å²) in [6.07, 6.45) is 4.90. The SMILES string of the molecule is CC(=O)N1CCCC(C(=O)Nc2ccc(-n3cc(C)cn3)c(F)c2)C1. The second-order valence-corrected chi connectivity index (χ2v) is 6.42. The highest BCUT2D eigenvalue weighted by molar-refractivity contribution is 5.93. The second kappa shape index (κ2) is 7.04. The molecule has 3 rings (SSSR count). The molecule has 1 atom stereocenters. The van der Waals surface area contributed by atoms with Gasteiger partial charge in [-0.2, -0.15) is 5.10 Å². The van der Waals surface area contributed by atoms with Crippen molar-refractivity contribution < 1.29 is 14.0 Å². The number of hydrogen-bond donors (Lipinski definition) is 1. The van der Waals surface area contributed by atoms with E-state index in [4.69, 9.17) is 0 Å². The fourth-order valence-corrected chi connectivity index (χ4v) is 3.04. The van der Waals surface area contributed by atoms with Crippen molar-refractivity contribution >= 4 is 17.5 Å². The fraction of sp³-hybridized carbons (Fsp3) is 0.389. The summed E-state index contributed by atoms with van der Waals surface area (Å²) >= 11 is 0. The first-order valence-electron chi connectivity index (χ1n) is 8.31. The second-order valence-electron chi connectivity index (χ2n) is 6.42. The van der Waals surface area contributed by atoms with E-state index < -0.39 is 5.82 Å². The van der Waals surface area contributed by atoms with Crippen molar-refractivity contribution in [1.82, 2.24) is 14.7 Å². The zero-order valence-corrected chi connectivity index (χ0v) is 14.3. The normalized spacial score (nSPS) is 17.4. The van der Waals surface area contributed by atoms with Crippen molar-refractivity contribution in [2.45, 2.75) is 26.7 Å². The molecule has 0 aliphatic carbocycles. The van der Waals surface area contributed by atoms with Gasteiger partial charge in [0.05, 0.1) is 12.1 Å². The summed E-state index contributed by atoms with van der Waals surface area (Å²) in [7, 11) is 0. The predicted molar refractivity (Wildman–Crippen MR) is 91.9 cm³/mol. The number of amides is 2. The summed E-state index contributed by atoms with van der Waals surface area (Å²) in [6, 6.07) is 4.52. The van der Waals surface area contributed by atoms with E-state index in [0.29, 0.717) is 24.5 Å². The van der Waals surface area contributed by atoms with Gasteiger partial charge in [0.1, 0.15) is 5.69 Å². The van der Waals surface area contributed by atoms with Crippen LogP contribution in [0.1, 0.15) is 25.3 Å². The topological polar surface area (TPSA) is 67.2 Å². The number of nitrogens with one attached hydrogen (secondary N) is 1. The Balaban J connectivity index is 1.69. The predicted octanol–water partition coefficient (Wildman–Crippen LogP) is 2.52. The van der Waals surface area contributed by atoms with Crippen molar-refractivity contribution in [1.29, 1.82) is 0 Å². The van der Waals surface area contributed by atoms with Gasteiger partial charge in [-0.1, -0.05) is 0 Å². The molecule has 1 aliphatic heterocycles. The lowest BCUT2D eigenvalue weighted by molar-refractivity contribution is -0.132. The third kappa shape index (κ3) is 3.87. The number of likely N-dealkylation sites (tertiary alicyclic amines) is 1. The minimum atomic E-state index is -0.463.